The Morgan fingerprint density at radius 2 is 2.06 bits per heavy atom. The molecule has 3 heterocycles. The predicted molar refractivity (Wildman–Crippen MR) is 134 cm³/mol. The van der Waals surface area contributed by atoms with Gasteiger partial charge in [-0.3, -0.25) is 4.79 Å². The van der Waals surface area contributed by atoms with Crippen LogP contribution in [0.2, 0.25) is 0 Å². The number of para-hydroxylation sites is 1. The van der Waals surface area contributed by atoms with Crippen molar-refractivity contribution in [3.05, 3.63) is 47.5 Å². The van der Waals surface area contributed by atoms with Gasteiger partial charge in [0.2, 0.25) is 0 Å². The van der Waals surface area contributed by atoms with Crippen molar-refractivity contribution in [3.63, 3.8) is 0 Å². The molecular formula is C27H31N5O2. The number of imidazole rings is 1. The number of aryl methyl sites for hydroxylation is 1. The number of ether oxygens (including phenoxy) is 1. The van der Waals surface area contributed by atoms with Crippen molar-refractivity contribution in [1.82, 2.24) is 19.0 Å². The van der Waals surface area contributed by atoms with Crippen LogP contribution in [0.15, 0.2) is 36.4 Å². The average Bonchev–Trinajstić information content (AvgIpc) is 3.49. The van der Waals surface area contributed by atoms with E-state index < -0.39 is 0 Å². The van der Waals surface area contributed by atoms with Gasteiger partial charge in [0.1, 0.15) is 5.75 Å². The third kappa shape index (κ3) is 3.38. The summed E-state index contributed by atoms with van der Waals surface area (Å²) >= 11 is 0. The molecule has 0 saturated heterocycles. The number of fused-ring (bicyclic) bond motifs is 3. The molecule has 7 nitrogen and oxygen atoms in total. The van der Waals surface area contributed by atoms with E-state index in [0.29, 0.717) is 19.0 Å². The number of methoxy groups -OCH3 is 1. The van der Waals surface area contributed by atoms with Crippen molar-refractivity contribution >= 4 is 27.8 Å². The lowest BCUT2D eigenvalue weighted by Crippen LogP contribution is -2.43. The molecule has 7 heteroatoms. The minimum absolute atomic E-state index is 0.0407. The molecule has 0 spiro atoms. The van der Waals surface area contributed by atoms with Crippen molar-refractivity contribution in [1.29, 1.82) is 0 Å². The van der Waals surface area contributed by atoms with E-state index in [1.54, 1.807) is 7.11 Å². The molecule has 34 heavy (non-hydrogen) atoms. The Hall–Kier alpha value is -3.32. The molecule has 2 aliphatic rings. The Labute approximate surface area is 199 Å². The second kappa shape index (κ2) is 7.87. The van der Waals surface area contributed by atoms with E-state index in [-0.39, 0.29) is 11.9 Å². The SMILES string of the molecule is COc1cccc2cc(-c3nc4cc5c(cc4n3C)CCN(CC(C)N)C5=O)n(CC3CC3)c12. The summed E-state index contributed by atoms with van der Waals surface area (Å²) in [5.41, 5.74) is 11.9. The molecule has 2 aromatic carbocycles. The number of amides is 1. The van der Waals surface area contributed by atoms with E-state index in [1.165, 1.54) is 12.8 Å². The fraction of sp³-hybridized carbons (Fsp3) is 0.407. The molecule has 1 aliphatic carbocycles. The second-order valence-electron chi connectivity index (χ2n) is 9.95. The van der Waals surface area contributed by atoms with E-state index in [1.807, 2.05) is 30.0 Å². The standard InChI is InChI=1S/C27H31N5O2/c1-16(28)14-31-10-9-18-11-22-21(13-20(18)27(31)33)29-26(30(22)2)23-12-19-5-4-6-24(34-3)25(19)32(23)15-17-7-8-17/h4-6,11-13,16-17H,7-10,14-15,28H2,1-3H3. The van der Waals surface area contributed by atoms with Crippen LogP contribution in [-0.2, 0) is 20.0 Å². The molecule has 1 fully saturated rings. The first-order valence-electron chi connectivity index (χ1n) is 12.2. The van der Waals surface area contributed by atoms with Crippen LogP contribution < -0.4 is 10.5 Å². The van der Waals surface area contributed by atoms with Crippen LogP contribution in [0.25, 0.3) is 33.5 Å². The molecule has 4 aromatic rings. The molecule has 1 amide bonds. The monoisotopic (exact) mass is 457 g/mol. The van der Waals surface area contributed by atoms with E-state index in [2.05, 4.69) is 34.4 Å². The summed E-state index contributed by atoms with van der Waals surface area (Å²) in [5.74, 6) is 2.56. The number of carbonyl (C=O) groups excluding carboxylic acids is 1. The van der Waals surface area contributed by atoms with E-state index >= 15 is 0 Å². The fourth-order valence-electron chi connectivity index (χ4n) is 5.35. The van der Waals surface area contributed by atoms with Gasteiger partial charge in [-0.15, -0.1) is 0 Å². The summed E-state index contributed by atoms with van der Waals surface area (Å²) in [6.07, 6.45) is 3.37. The lowest BCUT2D eigenvalue weighted by atomic mass is 9.97. The summed E-state index contributed by atoms with van der Waals surface area (Å²) < 4.78 is 10.3. The van der Waals surface area contributed by atoms with Crippen molar-refractivity contribution in [3.8, 4) is 17.3 Å². The molecule has 0 radical (unpaired) electrons. The first kappa shape index (κ1) is 21.2. The maximum atomic E-state index is 13.1. The molecule has 1 saturated carbocycles. The van der Waals surface area contributed by atoms with E-state index in [4.69, 9.17) is 15.5 Å². The Bertz CT molecular complexity index is 1430. The van der Waals surface area contributed by atoms with Gasteiger partial charge in [-0.05, 0) is 61.9 Å². The van der Waals surface area contributed by atoms with Crippen LogP contribution in [0.4, 0.5) is 0 Å². The lowest BCUT2D eigenvalue weighted by Gasteiger charge is -2.29. The Morgan fingerprint density at radius 1 is 1.24 bits per heavy atom. The Balaban J connectivity index is 1.50. The zero-order chi connectivity index (χ0) is 23.6. The summed E-state index contributed by atoms with van der Waals surface area (Å²) in [7, 11) is 3.80. The van der Waals surface area contributed by atoms with Gasteiger partial charge in [0, 0.05) is 43.7 Å². The molecule has 6 rings (SSSR count). The molecule has 1 unspecified atom stereocenters. The highest BCUT2D eigenvalue weighted by Crippen LogP contribution is 2.39. The number of aromatic nitrogens is 3. The van der Waals surface area contributed by atoms with Gasteiger partial charge in [0.25, 0.3) is 5.91 Å². The van der Waals surface area contributed by atoms with Crippen LogP contribution in [0, 0.1) is 5.92 Å². The summed E-state index contributed by atoms with van der Waals surface area (Å²) in [6, 6.07) is 12.5. The van der Waals surface area contributed by atoms with Crippen LogP contribution in [0.5, 0.6) is 5.75 Å². The molecule has 1 aliphatic heterocycles. The normalized spacial score (nSPS) is 16.9. The maximum absolute atomic E-state index is 13.1. The van der Waals surface area contributed by atoms with E-state index in [0.717, 1.165) is 63.3 Å². The van der Waals surface area contributed by atoms with Gasteiger partial charge >= 0.3 is 0 Å². The number of hydrogen-bond donors (Lipinski definition) is 1. The van der Waals surface area contributed by atoms with Crippen molar-refractivity contribution in [2.75, 3.05) is 20.2 Å². The van der Waals surface area contributed by atoms with Gasteiger partial charge < -0.3 is 24.5 Å². The number of hydrogen-bond acceptors (Lipinski definition) is 4. The van der Waals surface area contributed by atoms with E-state index in [9.17, 15) is 4.79 Å². The van der Waals surface area contributed by atoms with Gasteiger partial charge in [-0.25, -0.2) is 4.98 Å². The third-order valence-electron chi connectivity index (χ3n) is 7.25. The smallest absolute Gasteiger partial charge is 0.254 e. The minimum Gasteiger partial charge on any atom is -0.495 e. The number of nitrogens with zero attached hydrogens (tertiary/aromatic N) is 4. The summed E-state index contributed by atoms with van der Waals surface area (Å²) in [5, 5.41) is 1.16. The lowest BCUT2D eigenvalue weighted by molar-refractivity contribution is 0.0732. The zero-order valence-electron chi connectivity index (χ0n) is 20.0. The summed E-state index contributed by atoms with van der Waals surface area (Å²) in [4.78, 5) is 20.1. The highest BCUT2D eigenvalue weighted by atomic mass is 16.5. The van der Waals surface area contributed by atoms with Gasteiger partial charge in [-0.1, -0.05) is 12.1 Å². The van der Waals surface area contributed by atoms with Crippen molar-refractivity contribution in [2.45, 2.75) is 38.8 Å². The Kier molecular flexibility index (Phi) is 4.92. The van der Waals surface area contributed by atoms with Crippen molar-refractivity contribution in [2.24, 2.45) is 18.7 Å². The van der Waals surface area contributed by atoms with Crippen LogP contribution in [-0.4, -0.2) is 51.2 Å². The Morgan fingerprint density at radius 3 is 2.79 bits per heavy atom. The minimum atomic E-state index is -0.0407. The highest BCUT2D eigenvalue weighted by Gasteiger charge is 2.29. The molecule has 2 N–H and O–H groups in total. The molecule has 0 bridgehead atoms. The molecule has 176 valence electrons. The van der Waals surface area contributed by atoms with Gasteiger partial charge in [-0.2, -0.15) is 0 Å². The van der Waals surface area contributed by atoms with Crippen molar-refractivity contribution < 1.29 is 9.53 Å². The quantitative estimate of drug-likeness (QED) is 0.475. The number of benzene rings is 2. The topological polar surface area (TPSA) is 78.3 Å². The van der Waals surface area contributed by atoms with Gasteiger partial charge in [0.15, 0.2) is 5.82 Å². The van der Waals surface area contributed by atoms with Crippen LogP contribution >= 0.6 is 0 Å². The number of nitrogens with two attached hydrogens (primary N) is 1. The summed E-state index contributed by atoms with van der Waals surface area (Å²) in [6.45, 7) is 4.18. The number of carbonyl (C=O) groups is 1. The zero-order valence-corrected chi connectivity index (χ0v) is 20.0. The molecule has 1 atom stereocenters. The molecule has 2 aromatic heterocycles. The average molecular weight is 458 g/mol. The first-order chi connectivity index (χ1) is 16.4. The third-order valence-corrected chi connectivity index (χ3v) is 7.25. The highest BCUT2D eigenvalue weighted by molar-refractivity contribution is 6.01. The van der Waals surface area contributed by atoms with Crippen LogP contribution in [0.3, 0.4) is 0 Å². The van der Waals surface area contributed by atoms with Crippen LogP contribution in [0.1, 0.15) is 35.7 Å². The second-order valence-corrected chi connectivity index (χ2v) is 9.95. The fourth-order valence-corrected chi connectivity index (χ4v) is 5.35. The number of rotatable bonds is 6. The first-order valence-corrected chi connectivity index (χ1v) is 12.2. The predicted octanol–water partition coefficient (Wildman–Crippen LogP) is 3.96. The molecular weight excluding hydrogens is 426 g/mol. The largest absolute Gasteiger partial charge is 0.495 e. The maximum Gasteiger partial charge on any atom is 0.254 e. The van der Waals surface area contributed by atoms with Gasteiger partial charge in [0.05, 0.1) is 29.4 Å².